The lowest BCUT2D eigenvalue weighted by Crippen LogP contribution is -2.59. The number of rotatable bonds is 11. The third-order valence-electron chi connectivity index (χ3n) is 6.39. The summed E-state index contributed by atoms with van der Waals surface area (Å²) in [6.07, 6.45) is -0.540. The molecule has 2 aromatic rings. The average molecular weight is 582 g/mol. The molecule has 9 nitrogen and oxygen atoms in total. The molecule has 0 bridgehead atoms. The fourth-order valence-corrected chi connectivity index (χ4v) is 4.66. The van der Waals surface area contributed by atoms with Crippen LogP contribution in [-0.2, 0) is 30.3 Å². The van der Waals surface area contributed by atoms with Crippen LogP contribution in [0.5, 0.6) is 0 Å². The number of aryl methyl sites for hydroxylation is 2. The molecular weight excluding hydrogens is 534 g/mol. The first-order valence-electron chi connectivity index (χ1n) is 14.4. The van der Waals surface area contributed by atoms with Gasteiger partial charge in [-0.3, -0.25) is 14.4 Å². The van der Waals surface area contributed by atoms with Crippen LogP contribution in [0.4, 0.5) is 4.79 Å². The van der Waals surface area contributed by atoms with Gasteiger partial charge < -0.3 is 25.0 Å². The molecule has 0 aliphatic rings. The number of hydrogen-bond donors (Lipinski definition) is 2. The minimum Gasteiger partial charge on any atom is -0.466 e. The fraction of sp³-hybridized carbons (Fsp3) is 0.515. The largest absolute Gasteiger partial charge is 0.466 e. The molecule has 2 unspecified atom stereocenters. The Morgan fingerprint density at radius 2 is 1.57 bits per heavy atom. The highest BCUT2D eigenvalue weighted by atomic mass is 16.6. The highest BCUT2D eigenvalue weighted by Gasteiger charge is 2.42. The van der Waals surface area contributed by atoms with Crippen LogP contribution in [0.2, 0.25) is 0 Å². The van der Waals surface area contributed by atoms with Crippen molar-refractivity contribution in [2.24, 2.45) is 0 Å². The van der Waals surface area contributed by atoms with Crippen molar-refractivity contribution >= 4 is 23.9 Å². The van der Waals surface area contributed by atoms with E-state index in [0.717, 1.165) is 16.7 Å². The Kier molecular flexibility index (Phi) is 12.1. The van der Waals surface area contributed by atoms with E-state index in [1.165, 1.54) is 4.90 Å². The minimum absolute atomic E-state index is 0.000520. The van der Waals surface area contributed by atoms with E-state index in [1.807, 2.05) is 83.1 Å². The SMILES string of the molecule is CCOC(=O)CCNC(=O)C(c1ccc(C)cc1C)N(C(=O)C(Cc1ccccc1)NC(=O)OC(C)(C)C)C(C)(C)C. The average Bonchev–Trinajstić information content (AvgIpc) is 2.86. The summed E-state index contributed by atoms with van der Waals surface area (Å²) >= 11 is 0. The van der Waals surface area contributed by atoms with Crippen molar-refractivity contribution in [2.75, 3.05) is 13.2 Å². The van der Waals surface area contributed by atoms with Gasteiger partial charge in [-0.2, -0.15) is 0 Å². The minimum atomic E-state index is -1.04. The van der Waals surface area contributed by atoms with Crippen molar-refractivity contribution in [3.05, 3.63) is 70.8 Å². The van der Waals surface area contributed by atoms with E-state index >= 15 is 0 Å². The van der Waals surface area contributed by atoms with Crippen LogP contribution in [0, 0.1) is 13.8 Å². The zero-order chi connectivity index (χ0) is 31.7. The van der Waals surface area contributed by atoms with Crippen molar-refractivity contribution in [1.29, 1.82) is 0 Å². The summed E-state index contributed by atoms with van der Waals surface area (Å²) in [7, 11) is 0. The van der Waals surface area contributed by atoms with Gasteiger partial charge in [0.25, 0.3) is 0 Å². The van der Waals surface area contributed by atoms with E-state index in [4.69, 9.17) is 9.47 Å². The predicted molar refractivity (Wildman–Crippen MR) is 163 cm³/mol. The number of ether oxygens (including phenoxy) is 2. The monoisotopic (exact) mass is 581 g/mol. The van der Waals surface area contributed by atoms with E-state index in [1.54, 1.807) is 27.7 Å². The molecule has 0 spiro atoms. The van der Waals surface area contributed by atoms with Crippen molar-refractivity contribution in [3.63, 3.8) is 0 Å². The molecule has 2 aromatic carbocycles. The second-order valence-corrected chi connectivity index (χ2v) is 12.4. The van der Waals surface area contributed by atoms with Crippen LogP contribution >= 0.6 is 0 Å². The maximum atomic E-state index is 14.6. The normalized spacial score (nSPS) is 13.0. The molecule has 0 aliphatic heterocycles. The molecule has 9 heteroatoms. The van der Waals surface area contributed by atoms with Crippen molar-refractivity contribution in [3.8, 4) is 0 Å². The Morgan fingerprint density at radius 1 is 0.929 bits per heavy atom. The Labute approximate surface area is 250 Å². The zero-order valence-corrected chi connectivity index (χ0v) is 26.5. The quantitative estimate of drug-likeness (QED) is 0.354. The molecule has 0 heterocycles. The molecule has 0 aliphatic carbocycles. The molecule has 0 aromatic heterocycles. The molecule has 230 valence electrons. The van der Waals surface area contributed by atoms with Gasteiger partial charge in [-0.25, -0.2) is 4.79 Å². The third kappa shape index (κ3) is 10.5. The number of nitrogens with one attached hydrogen (secondary N) is 2. The van der Waals surface area contributed by atoms with E-state index < -0.39 is 47.1 Å². The number of esters is 1. The number of alkyl carbamates (subject to hydrolysis) is 1. The lowest BCUT2D eigenvalue weighted by Gasteiger charge is -2.43. The van der Waals surface area contributed by atoms with Crippen LogP contribution in [0.25, 0.3) is 0 Å². The summed E-state index contributed by atoms with van der Waals surface area (Å²) in [6.45, 7) is 16.7. The maximum absolute atomic E-state index is 14.6. The van der Waals surface area contributed by atoms with Gasteiger partial charge in [0, 0.05) is 18.5 Å². The van der Waals surface area contributed by atoms with Crippen molar-refractivity contribution in [1.82, 2.24) is 15.5 Å². The lowest BCUT2D eigenvalue weighted by atomic mass is 9.91. The second-order valence-electron chi connectivity index (χ2n) is 12.4. The second kappa shape index (κ2) is 14.8. The molecular formula is C33H47N3O6. The molecule has 3 amide bonds. The van der Waals surface area contributed by atoms with Crippen LogP contribution in [0.15, 0.2) is 48.5 Å². The van der Waals surface area contributed by atoms with E-state index in [2.05, 4.69) is 10.6 Å². The number of carbonyl (C=O) groups excluding carboxylic acids is 4. The van der Waals surface area contributed by atoms with Crippen LogP contribution < -0.4 is 10.6 Å². The Morgan fingerprint density at radius 3 is 2.12 bits per heavy atom. The third-order valence-corrected chi connectivity index (χ3v) is 6.39. The first-order chi connectivity index (χ1) is 19.5. The molecule has 0 saturated heterocycles. The molecule has 2 atom stereocenters. The highest BCUT2D eigenvalue weighted by molar-refractivity contribution is 5.93. The Balaban J connectivity index is 2.58. The highest BCUT2D eigenvalue weighted by Crippen LogP contribution is 2.32. The van der Waals surface area contributed by atoms with Crippen LogP contribution in [0.3, 0.4) is 0 Å². The van der Waals surface area contributed by atoms with Gasteiger partial charge in [-0.1, -0.05) is 54.1 Å². The summed E-state index contributed by atoms with van der Waals surface area (Å²) in [5.74, 6) is -1.30. The molecule has 2 N–H and O–H groups in total. The van der Waals surface area contributed by atoms with Crippen molar-refractivity contribution < 1.29 is 28.7 Å². The predicted octanol–water partition coefficient (Wildman–Crippen LogP) is 5.18. The topological polar surface area (TPSA) is 114 Å². The summed E-state index contributed by atoms with van der Waals surface area (Å²) < 4.78 is 10.5. The van der Waals surface area contributed by atoms with E-state index in [0.29, 0.717) is 5.56 Å². The summed E-state index contributed by atoms with van der Waals surface area (Å²) in [5, 5.41) is 5.60. The smallest absolute Gasteiger partial charge is 0.408 e. The molecule has 0 saturated carbocycles. The van der Waals surface area contributed by atoms with Gasteiger partial charge in [0.1, 0.15) is 17.7 Å². The number of hydrogen-bond acceptors (Lipinski definition) is 6. The zero-order valence-electron chi connectivity index (χ0n) is 26.5. The van der Waals surface area contributed by atoms with Crippen LogP contribution in [0.1, 0.15) is 83.2 Å². The van der Waals surface area contributed by atoms with E-state index in [-0.39, 0.29) is 26.0 Å². The standard InChI is InChI=1S/C33H47N3O6/c1-10-41-27(37)18-19-34-29(38)28(25-17-16-22(2)20-23(25)3)36(32(4,5)6)30(39)26(21-24-14-12-11-13-15-24)35-31(40)42-33(7,8)9/h11-17,20,26,28H,10,18-19,21H2,1-9H3,(H,34,38)(H,35,40). The molecule has 0 radical (unpaired) electrons. The first kappa shape index (κ1) is 34.3. The van der Waals surface area contributed by atoms with Gasteiger partial charge in [0.05, 0.1) is 13.0 Å². The van der Waals surface area contributed by atoms with Gasteiger partial charge in [-0.15, -0.1) is 0 Å². The van der Waals surface area contributed by atoms with Crippen molar-refractivity contribution in [2.45, 2.75) is 98.4 Å². The number of carbonyl (C=O) groups is 4. The van der Waals surface area contributed by atoms with Gasteiger partial charge in [0.2, 0.25) is 11.8 Å². The van der Waals surface area contributed by atoms with Crippen LogP contribution in [-0.4, -0.2) is 59.1 Å². The van der Waals surface area contributed by atoms with Gasteiger partial charge in [0.15, 0.2) is 0 Å². The molecule has 42 heavy (non-hydrogen) atoms. The Hall–Kier alpha value is -3.88. The first-order valence-corrected chi connectivity index (χ1v) is 14.4. The Bertz CT molecular complexity index is 1230. The number of amides is 3. The summed E-state index contributed by atoms with van der Waals surface area (Å²) in [6, 6.07) is 13.0. The van der Waals surface area contributed by atoms with Gasteiger partial charge in [-0.05, 0) is 79.0 Å². The number of benzene rings is 2. The summed E-state index contributed by atoms with van der Waals surface area (Å²) in [4.78, 5) is 54.9. The molecule has 2 rings (SSSR count). The summed E-state index contributed by atoms with van der Waals surface area (Å²) in [5.41, 5.74) is 1.72. The lowest BCUT2D eigenvalue weighted by molar-refractivity contribution is -0.149. The number of nitrogens with zero attached hydrogens (tertiary/aromatic N) is 1. The molecule has 0 fully saturated rings. The van der Waals surface area contributed by atoms with Gasteiger partial charge >= 0.3 is 12.1 Å². The fourth-order valence-electron chi connectivity index (χ4n) is 4.66. The maximum Gasteiger partial charge on any atom is 0.408 e. The van der Waals surface area contributed by atoms with E-state index in [9.17, 15) is 19.2 Å².